The molecular formula is C66H87ClN14O7. The lowest BCUT2D eigenvalue weighted by atomic mass is 10.0. The molecule has 2 aromatic heterocycles. The number of carbonyl (C=O) groups excluding carboxylic acids is 3. The van der Waals surface area contributed by atoms with E-state index in [1.807, 2.05) is 43.9 Å². The van der Waals surface area contributed by atoms with Crippen LogP contribution in [0.15, 0.2) is 72.9 Å². The fourth-order valence-corrected chi connectivity index (χ4v) is 13.6. The number of carbonyl (C=O) groups is 3. The number of nitrogens with zero attached hydrogens (tertiary/aromatic N) is 12. The van der Waals surface area contributed by atoms with Crippen LogP contribution in [0.1, 0.15) is 107 Å². The van der Waals surface area contributed by atoms with Crippen LogP contribution >= 0.6 is 11.6 Å². The molecule has 3 atom stereocenters. The van der Waals surface area contributed by atoms with Crippen LogP contribution < -0.4 is 39.7 Å². The molecular weight excluding hydrogens is 1140 g/mol. The number of anilines is 6. The predicted molar refractivity (Wildman–Crippen MR) is 344 cm³/mol. The van der Waals surface area contributed by atoms with E-state index in [0.29, 0.717) is 113 Å². The van der Waals surface area contributed by atoms with Crippen LogP contribution in [-0.2, 0) is 32.0 Å². The van der Waals surface area contributed by atoms with Crippen LogP contribution in [0.3, 0.4) is 0 Å². The number of nitrogens with one attached hydrogen (secondary N) is 2. The predicted octanol–water partition coefficient (Wildman–Crippen LogP) is 8.81. The van der Waals surface area contributed by atoms with Gasteiger partial charge in [-0.1, -0.05) is 75.6 Å². The molecule has 1 aliphatic carbocycles. The average molecular weight is 1220 g/mol. The smallest absolute Gasteiger partial charge is 0.318 e. The lowest BCUT2D eigenvalue weighted by Crippen LogP contribution is -2.55. The maximum absolute atomic E-state index is 13.9. The van der Waals surface area contributed by atoms with Crippen molar-refractivity contribution in [1.29, 1.82) is 5.26 Å². The Morgan fingerprint density at radius 2 is 1.67 bits per heavy atom. The Balaban J connectivity index is 0.00000423. The molecule has 0 radical (unpaired) electrons. The van der Waals surface area contributed by atoms with Crippen LogP contribution in [0.2, 0.25) is 5.02 Å². The van der Waals surface area contributed by atoms with Gasteiger partial charge in [-0.15, -0.1) is 0 Å². The molecule has 11 rings (SSSR count). The highest BCUT2D eigenvalue weighted by molar-refractivity contribution is 6.36. The standard InChI is InChI=1S/C64H81ClN14O7.C2H6/c1-5-53-62(82)74(3)55-39-68-63(71-60(55)79(53)45-14-6-7-15-45)69-51-21-20-44(38-56(51)83-4)61(81)67-27-35-84-36-37-85-48-23-30-75(31-24-48)29-11-19-57(80)78-34-33-77(40-46(78)22-26-66)59-49-25-32-76(54-18-9-13-43-12-8-17-50(65)58(43)54)41-52(49)70-64(72-59)86-42-47-16-10-28-73(47)2;1-2/h8-9,11-13,17-21,38-39,45-48,53H,5-7,10,14-16,22-25,27-37,40-42H2,1-4H3,(H,67,81)(H,68,69,71);1-2H3/b19-11+;/t46?,47?,53-;/m1./s1. The maximum atomic E-state index is 13.9. The van der Waals surface area contributed by atoms with Crippen molar-refractivity contribution >= 4 is 74.7 Å². The Labute approximate surface area is 523 Å². The van der Waals surface area contributed by atoms with Crippen LogP contribution in [0, 0.1) is 11.3 Å². The molecule has 2 unspecified atom stereocenters. The first-order valence-corrected chi connectivity index (χ1v) is 32.2. The van der Waals surface area contributed by atoms with Gasteiger partial charge in [-0.3, -0.25) is 19.3 Å². The van der Waals surface area contributed by atoms with Gasteiger partial charge in [0.1, 0.15) is 29.9 Å². The minimum absolute atomic E-state index is 0.0611. The first kappa shape index (κ1) is 63.7. The second-order valence-electron chi connectivity index (χ2n) is 23.4. The molecule has 3 saturated heterocycles. The minimum atomic E-state index is -0.316. The van der Waals surface area contributed by atoms with Gasteiger partial charge in [0.2, 0.25) is 17.8 Å². The van der Waals surface area contributed by atoms with E-state index >= 15 is 0 Å². The number of hydrogen-bond acceptors (Lipinski definition) is 18. The number of ether oxygens (including phenoxy) is 4. The maximum Gasteiger partial charge on any atom is 0.318 e. The van der Waals surface area contributed by atoms with Gasteiger partial charge >= 0.3 is 6.01 Å². The summed E-state index contributed by atoms with van der Waals surface area (Å²) in [6.07, 6.45) is 15.3. The SMILES string of the molecule is CC.CC[C@@H]1C(=O)N(C)c2cnc(Nc3ccc(C(=O)NCCOCCOC4CCN(C/C=C/C(=O)N5CCN(c6nc(OCC7CCCN7C)nc7c6CCN(c6cccc8cccc(Cl)c68)C7)CC5CC#N)CC4)cc3OC)nc2N1C1CCCC1. The van der Waals surface area contributed by atoms with Crippen LogP contribution in [0.25, 0.3) is 10.8 Å². The van der Waals surface area contributed by atoms with Gasteiger partial charge in [0.05, 0.1) is 80.7 Å². The third-order valence-electron chi connectivity index (χ3n) is 18.1. The van der Waals surface area contributed by atoms with E-state index in [4.69, 9.17) is 45.5 Å². The number of halogens is 1. The van der Waals surface area contributed by atoms with Crippen LogP contribution in [0.5, 0.6) is 11.8 Å². The van der Waals surface area contributed by atoms with E-state index < -0.39 is 0 Å². The lowest BCUT2D eigenvalue weighted by molar-refractivity contribution is -0.128. The molecule has 0 spiro atoms. The molecule has 4 fully saturated rings. The first-order chi connectivity index (χ1) is 43.0. The third-order valence-corrected chi connectivity index (χ3v) is 18.4. The second kappa shape index (κ2) is 30.2. The molecule has 1 saturated carbocycles. The largest absolute Gasteiger partial charge is 0.495 e. The number of amides is 3. The van der Waals surface area contributed by atoms with Gasteiger partial charge in [0.25, 0.3) is 5.91 Å². The summed E-state index contributed by atoms with van der Waals surface area (Å²) >= 11 is 6.81. The number of benzene rings is 3. The van der Waals surface area contributed by atoms with E-state index in [0.717, 1.165) is 128 Å². The lowest BCUT2D eigenvalue weighted by Gasteiger charge is -2.43. The number of hydrogen-bond donors (Lipinski definition) is 2. The normalized spacial score (nSPS) is 20.2. The summed E-state index contributed by atoms with van der Waals surface area (Å²) in [5.41, 5.74) is 4.80. The quantitative estimate of drug-likeness (QED) is 0.0490. The summed E-state index contributed by atoms with van der Waals surface area (Å²) in [4.78, 5) is 75.0. The van der Waals surface area contributed by atoms with Gasteiger partial charge in [0.15, 0.2) is 5.82 Å². The van der Waals surface area contributed by atoms with Crippen molar-refractivity contribution in [2.75, 3.05) is 131 Å². The fraction of sp³-hybridized carbons (Fsp3) is 0.545. The van der Waals surface area contributed by atoms with Crippen LogP contribution in [0.4, 0.5) is 34.6 Å². The number of nitriles is 1. The molecule has 0 bridgehead atoms. The molecule has 470 valence electrons. The number of methoxy groups -OCH3 is 1. The summed E-state index contributed by atoms with van der Waals surface area (Å²) < 4.78 is 24.1. The summed E-state index contributed by atoms with van der Waals surface area (Å²) in [6, 6.07) is 20.2. The second-order valence-corrected chi connectivity index (χ2v) is 23.8. The van der Waals surface area contributed by atoms with Crippen molar-refractivity contribution in [3.63, 3.8) is 0 Å². The Hall–Kier alpha value is -7.35. The zero-order valence-corrected chi connectivity index (χ0v) is 52.9. The zero-order valence-electron chi connectivity index (χ0n) is 52.1. The highest BCUT2D eigenvalue weighted by Crippen LogP contribution is 2.42. The molecule has 7 heterocycles. The first-order valence-electron chi connectivity index (χ1n) is 31.8. The van der Waals surface area contributed by atoms with Gasteiger partial charge in [-0.25, -0.2) is 4.98 Å². The van der Waals surface area contributed by atoms with Gasteiger partial charge < -0.3 is 59.0 Å². The Morgan fingerprint density at radius 1 is 0.864 bits per heavy atom. The number of piperazine rings is 1. The monoisotopic (exact) mass is 1220 g/mol. The van der Waals surface area contributed by atoms with E-state index in [2.05, 4.69) is 77.5 Å². The number of fused-ring (bicyclic) bond motifs is 3. The average Bonchev–Trinajstić information content (AvgIpc) is 2.12. The molecule has 5 aromatic rings. The van der Waals surface area contributed by atoms with Gasteiger partial charge in [-0.05, 0) is 101 Å². The summed E-state index contributed by atoms with van der Waals surface area (Å²) in [5.74, 6) is 2.13. The van der Waals surface area contributed by atoms with E-state index in [-0.39, 0.29) is 48.4 Å². The summed E-state index contributed by atoms with van der Waals surface area (Å²) in [7, 11) is 5.47. The van der Waals surface area contributed by atoms with Crippen molar-refractivity contribution in [3.05, 3.63) is 94.8 Å². The molecule has 3 aromatic carbocycles. The van der Waals surface area contributed by atoms with Crippen LogP contribution in [-0.4, -0.2) is 189 Å². The molecule has 3 amide bonds. The Kier molecular flexibility index (Phi) is 21.9. The molecule has 5 aliphatic heterocycles. The molecule has 88 heavy (non-hydrogen) atoms. The highest BCUT2D eigenvalue weighted by atomic mass is 35.5. The van der Waals surface area contributed by atoms with Crippen molar-refractivity contribution in [1.82, 2.24) is 40.0 Å². The Morgan fingerprint density at radius 3 is 2.43 bits per heavy atom. The number of aromatic nitrogens is 4. The number of likely N-dealkylation sites (tertiary alicyclic amines) is 2. The van der Waals surface area contributed by atoms with E-state index in [1.54, 1.807) is 49.5 Å². The molecule has 22 heteroatoms. The fourth-order valence-electron chi connectivity index (χ4n) is 13.3. The summed E-state index contributed by atoms with van der Waals surface area (Å²) in [5, 5.41) is 19.1. The highest BCUT2D eigenvalue weighted by Gasteiger charge is 2.42. The van der Waals surface area contributed by atoms with E-state index in [1.165, 1.54) is 0 Å². The van der Waals surface area contributed by atoms with Gasteiger partial charge in [-0.2, -0.15) is 20.2 Å². The molecule has 6 aliphatic rings. The van der Waals surface area contributed by atoms with E-state index in [9.17, 15) is 19.6 Å². The molecule has 2 N–H and O–H groups in total. The minimum Gasteiger partial charge on any atom is -0.495 e. The van der Waals surface area contributed by atoms with Gasteiger partial charge in [0, 0.05) is 99.8 Å². The topological polar surface area (TPSA) is 210 Å². The zero-order chi connectivity index (χ0) is 61.7. The van der Waals surface area contributed by atoms with Crippen molar-refractivity contribution < 1.29 is 33.3 Å². The Bertz CT molecular complexity index is 3290. The number of rotatable bonds is 22. The third kappa shape index (κ3) is 14.7. The summed E-state index contributed by atoms with van der Waals surface area (Å²) in [6.45, 7) is 14.3. The van der Waals surface area contributed by atoms with Crippen molar-refractivity contribution in [2.45, 2.75) is 128 Å². The van der Waals surface area contributed by atoms with Crippen molar-refractivity contribution in [3.8, 4) is 17.8 Å². The number of piperidine rings is 1. The van der Waals surface area contributed by atoms with Crippen molar-refractivity contribution in [2.24, 2.45) is 0 Å². The molecule has 21 nitrogen and oxygen atoms in total. The number of likely N-dealkylation sites (N-methyl/N-ethyl adjacent to an activating group) is 2.